The Morgan fingerprint density at radius 3 is 2.67 bits per heavy atom. The molecule has 1 aromatic heterocycles. The molecule has 18 heavy (non-hydrogen) atoms. The minimum absolute atomic E-state index is 0.203. The zero-order valence-corrected chi connectivity index (χ0v) is 10.5. The number of aryl methyl sites for hydroxylation is 2. The summed E-state index contributed by atoms with van der Waals surface area (Å²) in [7, 11) is 3.19. The van der Waals surface area contributed by atoms with Crippen molar-refractivity contribution < 1.29 is 9.13 Å². The van der Waals surface area contributed by atoms with Gasteiger partial charge in [-0.1, -0.05) is 0 Å². The third-order valence-corrected chi connectivity index (χ3v) is 2.68. The zero-order chi connectivity index (χ0) is 13.3. The van der Waals surface area contributed by atoms with E-state index >= 15 is 0 Å². The summed E-state index contributed by atoms with van der Waals surface area (Å²) in [5.41, 5.74) is 7.75. The van der Waals surface area contributed by atoms with Crippen LogP contribution in [-0.4, -0.2) is 16.9 Å². The average molecular weight is 250 g/mol. The van der Waals surface area contributed by atoms with Crippen molar-refractivity contribution >= 4 is 17.2 Å². The second-order valence-electron chi connectivity index (χ2n) is 3.95. The third kappa shape index (κ3) is 2.09. The van der Waals surface area contributed by atoms with Gasteiger partial charge in [0.1, 0.15) is 0 Å². The van der Waals surface area contributed by atoms with Crippen LogP contribution in [0.1, 0.15) is 5.69 Å². The SMILES string of the molecule is COc1ccc(Nc2c(N)c(C)nn2C)cc1F. The lowest BCUT2D eigenvalue weighted by atomic mass is 10.3. The zero-order valence-electron chi connectivity index (χ0n) is 10.5. The molecule has 2 rings (SSSR count). The van der Waals surface area contributed by atoms with Crippen LogP contribution in [0.4, 0.5) is 21.6 Å². The molecule has 0 radical (unpaired) electrons. The second-order valence-corrected chi connectivity index (χ2v) is 3.95. The van der Waals surface area contributed by atoms with Crippen LogP contribution in [0.3, 0.4) is 0 Å². The van der Waals surface area contributed by atoms with Gasteiger partial charge in [-0.05, 0) is 19.1 Å². The van der Waals surface area contributed by atoms with Gasteiger partial charge in [-0.25, -0.2) is 4.39 Å². The molecule has 5 nitrogen and oxygen atoms in total. The van der Waals surface area contributed by atoms with Gasteiger partial charge in [0.05, 0.1) is 18.5 Å². The van der Waals surface area contributed by atoms with Gasteiger partial charge in [0, 0.05) is 18.8 Å². The molecular formula is C12H15FN4O. The van der Waals surface area contributed by atoms with Crippen molar-refractivity contribution in [3.05, 3.63) is 29.7 Å². The lowest BCUT2D eigenvalue weighted by Crippen LogP contribution is -2.01. The molecule has 0 aliphatic heterocycles. The number of rotatable bonds is 3. The number of nitrogens with zero attached hydrogens (tertiary/aromatic N) is 2. The molecule has 0 spiro atoms. The number of halogens is 1. The van der Waals surface area contributed by atoms with E-state index in [1.807, 2.05) is 6.92 Å². The van der Waals surface area contributed by atoms with Crippen molar-refractivity contribution in [3.8, 4) is 5.75 Å². The van der Waals surface area contributed by atoms with E-state index in [4.69, 9.17) is 10.5 Å². The number of aromatic nitrogens is 2. The number of nitrogen functional groups attached to an aromatic ring is 1. The topological polar surface area (TPSA) is 65.1 Å². The lowest BCUT2D eigenvalue weighted by molar-refractivity contribution is 0.386. The number of benzene rings is 1. The Hall–Kier alpha value is -2.24. The molecule has 96 valence electrons. The first-order valence-electron chi connectivity index (χ1n) is 5.42. The van der Waals surface area contributed by atoms with Crippen LogP contribution in [0.5, 0.6) is 5.75 Å². The molecule has 0 aliphatic carbocycles. The van der Waals surface area contributed by atoms with Crippen LogP contribution in [0, 0.1) is 12.7 Å². The molecule has 0 saturated carbocycles. The molecule has 0 atom stereocenters. The first kappa shape index (κ1) is 12.2. The fourth-order valence-electron chi connectivity index (χ4n) is 1.70. The van der Waals surface area contributed by atoms with Gasteiger partial charge in [-0.3, -0.25) is 4.68 Å². The van der Waals surface area contributed by atoms with Crippen molar-refractivity contribution in [2.45, 2.75) is 6.92 Å². The highest BCUT2D eigenvalue weighted by atomic mass is 19.1. The molecule has 0 amide bonds. The van der Waals surface area contributed by atoms with Gasteiger partial charge in [0.15, 0.2) is 17.4 Å². The van der Waals surface area contributed by atoms with Crippen LogP contribution in [0.25, 0.3) is 0 Å². The summed E-state index contributed by atoms with van der Waals surface area (Å²) in [5, 5.41) is 7.21. The van der Waals surface area contributed by atoms with Crippen molar-refractivity contribution in [3.63, 3.8) is 0 Å². The minimum atomic E-state index is -0.431. The Labute approximate surface area is 104 Å². The van der Waals surface area contributed by atoms with Crippen molar-refractivity contribution in [2.24, 2.45) is 7.05 Å². The first-order valence-corrected chi connectivity index (χ1v) is 5.42. The minimum Gasteiger partial charge on any atom is -0.494 e. The molecule has 0 saturated heterocycles. The fourth-order valence-corrected chi connectivity index (χ4v) is 1.70. The highest BCUT2D eigenvalue weighted by molar-refractivity contribution is 5.71. The maximum absolute atomic E-state index is 13.5. The molecule has 0 fully saturated rings. The summed E-state index contributed by atoms with van der Waals surface area (Å²) in [6.07, 6.45) is 0. The van der Waals surface area contributed by atoms with Crippen molar-refractivity contribution in [1.29, 1.82) is 0 Å². The van der Waals surface area contributed by atoms with E-state index in [0.29, 0.717) is 17.2 Å². The van der Waals surface area contributed by atoms with Crippen LogP contribution in [-0.2, 0) is 7.05 Å². The molecular weight excluding hydrogens is 235 g/mol. The van der Waals surface area contributed by atoms with E-state index in [1.54, 1.807) is 23.9 Å². The van der Waals surface area contributed by atoms with E-state index in [0.717, 1.165) is 5.69 Å². The summed E-state index contributed by atoms with van der Waals surface area (Å²) in [6, 6.07) is 4.61. The number of hydrogen-bond donors (Lipinski definition) is 2. The van der Waals surface area contributed by atoms with Crippen LogP contribution in [0.15, 0.2) is 18.2 Å². The second kappa shape index (κ2) is 4.56. The number of nitrogens with two attached hydrogens (primary N) is 1. The van der Waals surface area contributed by atoms with Gasteiger partial charge >= 0.3 is 0 Å². The van der Waals surface area contributed by atoms with Gasteiger partial charge in [-0.15, -0.1) is 0 Å². The Balaban J connectivity index is 2.31. The first-order chi connectivity index (χ1) is 8.52. The molecule has 1 heterocycles. The largest absolute Gasteiger partial charge is 0.494 e. The van der Waals surface area contributed by atoms with Gasteiger partial charge in [0.2, 0.25) is 0 Å². The number of hydrogen-bond acceptors (Lipinski definition) is 4. The highest BCUT2D eigenvalue weighted by Crippen LogP contribution is 2.27. The number of nitrogens with one attached hydrogen (secondary N) is 1. The number of ether oxygens (including phenoxy) is 1. The van der Waals surface area contributed by atoms with Crippen LogP contribution in [0.2, 0.25) is 0 Å². The molecule has 0 bridgehead atoms. The van der Waals surface area contributed by atoms with Gasteiger partial charge < -0.3 is 15.8 Å². The lowest BCUT2D eigenvalue weighted by Gasteiger charge is -2.09. The fraction of sp³-hybridized carbons (Fsp3) is 0.250. The summed E-state index contributed by atoms with van der Waals surface area (Å²) in [6.45, 7) is 1.81. The summed E-state index contributed by atoms with van der Waals surface area (Å²) in [5.74, 6) is 0.409. The van der Waals surface area contributed by atoms with Crippen molar-refractivity contribution in [2.75, 3.05) is 18.2 Å². The third-order valence-electron chi connectivity index (χ3n) is 2.68. The molecule has 6 heteroatoms. The molecule has 0 aliphatic rings. The molecule has 0 unspecified atom stereocenters. The maximum Gasteiger partial charge on any atom is 0.167 e. The van der Waals surface area contributed by atoms with E-state index in [9.17, 15) is 4.39 Å². The van der Waals surface area contributed by atoms with Crippen molar-refractivity contribution in [1.82, 2.24) is 9.78 Å². The molecule has 2 aromatic rings. The Morgan fingerprint density at radius 2 is 2.17 bits per heavy atom. The van der Waals surface area contributed by atoms with Crippen LogP contribution < -0.4 is 15.8 Å². The monoisotopic (exact) mass is 250 g/mol. The normalized spacial score (nSPS) is 10.4. The van der Waals surface area contributed by atoms with Gasteiger partial charge in [0.25, 0.3) is 0 Å². The maximum atomic E-state index is 13.5. The average Bonchev–Trinajstić information content (AvgIpc) is 2.56. The Morgan fingerprint density at radius 1 is 1.44 bits per heavy atom. The van der Waals surface area contributed by atoms with Gasteiger partial charge in [-0.2, -0.15) is 5.10 Å². The summed E-state index contributed by atoms with van der Waals surface area (Å²) in [4.78, 5) is 0. The van der Waals surface area contributed by atoms with E-state index < -0.39 is 5.82 Å². The summed E-state index contributed by atoms with van der Waals surface area (Å²) >= 11 is 0. The van der Waals surface area contributed by atoms with E-state index in [1.165, 1.54) is 13.2 Å². The van der Waals surface area contributed by atoms with E-state index in [2.05, 4.69) is 10.4 Å². The molecule has 1 aromatic carbocycles. The highest BCUT2D eigenvalue weighted by Gasteiger charge is 2.11. The standard InChI is InChI=1S/C12H15FN4O/c1-7-11(14)12(17(2)16-7)15-8-4-5-10(18-3)9(13)6-8/h4-6,15H,14H2,1-3H3. The Bertz CT molecular complexity index is 580. The van der Waals surface area contributed by atoms with Crippen LogP contribution >= 0.6 is 0 Å². The molecule has 3 N–H and O–H groups in total. The predicted octanol–water partition coefficient (Wildman–Crippen LogP) is 2.20. The predicted molar refractivity (Wildman–Crippen MR) is 68.6 cm³/mol. The number of anilines is 3. The Kier molecular flexibility index (Phi) is 3.10. The summed E-state index contributed by atoms with van der Waals surface area (Å²) < 4.78 is 20.0. The van der Waals surface area contributed by atoms with E-state index in [-0.39, 0.29) is 5.75 Å². The number of methoxy groups -OCH3 is 1. The smallest absolute Gasteiger partial charge is 0.167 e. The quantitative estimate of drug-likeness (QED) is 0.876.